The third-order valence-corrected chi connectivity index (χ3v) is 4.76. The molecule has 0 aromatic heterocycles. The molecule has 1 aromatic carbocycles. The van der Waals surface area contributed by atoms with Gasteiger partial charge in [0.1, 0.15) is 0 Å². The van der Waals surface area contributed by atoms with E-state index in [2.05, 4.69) is 16.0 Å². The first-order chi connectivity index (χ1) is 11.2. The van der Waals surface area contributed by atoms with Gasteiger partial charge in [0.05, 0.1) is 5.69 Å². The highest BCUT2D eigenvalue weighted by molar-refractivity contribution is 7.98. The number of para-hydroxylation sites is 1. The lowest BCUT2D eigenvalue weighted by atomic mass is 9.95. The summed E-state index contributed by atoms with van der Waals surface area (Å²) in [6.45, 7) is 0.339. The molecule has 0 spiro atoms. The highest BCUT2D eigenvalue weighted by atomic mass is 32.2. The van der Waals surface area contributed by atoms with Gasteiger partial charge in [-0.1, -0.05) is 31.4 Å². The molecule has 6 heteroatoms. The molecule has 0 radical (unpaired) electrons. The van der Waals surface area contributed by atoms with Crippen molar-refractivity contribution in [3.8, 4) is 0 Å². The normalized spacial score (nSPS) is 15.0. The Balaban J connectivity index is 1.67. The molecule has 5 nitrogen and oxygen atoms in total. The molecule has 23 heavy (non-hydrogen) atoms. The Labute approximate surface area is 142 Å². The fourth-order valence-electron chi connectivity index (χ4n) is 2.75. The van der Waals surface area contributed by atoms with Crippen LogP contribution in [0.1, 0.15) is 38.5 Å². The van der Waals surface area contributed by atoms with Crippen molar-refractivity contribution in [3.63, 3.8) is 0 Å². The van der Waals surface area contributed by atoms with E-state index in [0.717, 1.165) is 23.4 Å². The van der Waals surface area contributed by atoms with Gasteiger partial charge in [-0.05, 0) is 31.2 Å². The van der Waals surface area contributed by atoms with Gasteiger partial charge in [-0.25, -0.2) is 4.79 Å². The average molecular weight is 335 g/mol. The van der Waals surface area contributed by atoms with Crippen LogP contribution in [0.25, 0.3) is 0 Å². The number of hydrogen-bond donors (Lipinski definition) is 3. The van der Waals surface area contributed by atoms with Crippen LogP contribution >= 0.6 is 11.8 Å². The zero-order valence-corrected chi connectivity index (χ0v) is 14.4. The van der Waals surface area contributed by atoms with Crippen molar-refractivity contribution in [2.45, 2.75) is 49.5 Å². The monoisotopic (exact) mass is 335 g/mol. The maximum atomic E-state index is 11.9. The molecule has 0 saturated heterocycles. The van der Waals surface area contributed by atoms with Crippen molar-refractivity contribution in [2.75, 3.05) is 18.1 Å². The van der Waals surface area contributed by atoms with Crippen molar-refractivity contribution in [2.24, 2.45) is 0 Å². The van der Waals surface area contributed by atoms with Gasteiger partial charge in [0.2, 0.25) is 5.91 Å². The highest BCUT2D eigenvalue weighted by Gasteiger charge is 2.15. The van der Waals surface area contributed by atoms with Crippen LogP contribution in [0.15, 0.2) is 29.2 Å². The maximum absolute atomic E-state index is 11.9. The van der Waals surface area contributed by atoms with Crippen LogP contribution in [-0.4, -0.2) is 30.8 Å². The van der Waals surface area contributed by atoms with Crippen molar-refractivity contribution in [1.82, 2.24) is 10.6 Å². The van der Waals surface area contributed by atoms with E-state index >= 15 is 0 Å². The van der Waals surface area contributed by atoms with E-state index in [1.807, 2.05) is 30.5 Å². The number of rotatable bonds is 6. The Morgan fingerprint density at radius 3 is 2.65 bits per heavy atom. The van der Waals surface area contributed by atoms with Crippen molar-refractivity contribution in [1.29, 1.82) is 0 Å². The molecule has 126 valence electrons. The highest BCUT2D eigenvalue weighted by Crippen LogP contribution is 2.24. The third kappa shape index (κ3) is 6.14. The number of carbonyl (C=O) groups excluding carboxylic acids is 2. The molecule has 1 saturated carbocycles. The predicted molar refractivity (Wildman–Crippen MR) is 94.9 cm³/mol. The summed E-state index contributed by atoms with van der Waals surface area (Å²) in [4.78, 5) is 24.8. The molecule has 3 amide bonds. The number of nitrogens with one attached hydrogen (secondary N) is 3. The molecule has 1 aliphatic carbocycles. The lowest BCUT2D eigenvalue weighted by Crippen LogP contribution is -2.38. The fourth-order valence-corrected chi connectivity index (χ4v) is 3.30. The van der Waals surface area contributed by atoms with Crippen LogP contribution in [0, 0.1) is 0 Å². The first-order valence-electron chi connectivity index (χ1n) is 8.16. The molecule has 0 atom stereocenters. The lowest BCUT2D eigenvalue weighted by Gasteiger charge is -2.22. The summed E-state index contributed by atoms with van der Waals surface area (Å²) in [5, 5.41) is 8.59. The first kappa shape index (κ1) is 17.7. The molecule has 2 rings (SSSR count). The molecule has 0 unspecified atom stereocenters. The van der Waals surface area contributed by atoms with Gasteiger partial charge < -0.3 is 16.0 Å². The molecule has 0 heterocycles. The SMILES string of the molecule is CSc1ccccc1NC(=O)NCCC(=O)NC1CCCCC1. The van der Waals surface area contributed by atoms with Crippen LogP contribution in [-0.2, 0) is 4.79 Å². The zero-order chi connectivity index (χ0) is 16.5. The molecule has 1 fully saturated rings. The molecular formula is C17H25N3O2S. The summed E-state index contributed by atoms with van der Waals surface area (Å²) in [5.74, 6) is 0.0155. The van der Waals surface area contributed by atoms with Crippen molar-refractivity contribution in [3.05, 3.63) is 24.3 Å². The molecule has 0 aliphatic heterocycles. The Hall–Kier alpha value is -1.69. The number of anilines is 1. The summed E-state index contributed by atoms with van der Waals surface area (Å²) < 4.78 is 0. The number of hydrogen-bond acceptors (Lipinski definition) is 3. The van der Waals surface area contributed by atoms with Gasteiger partial charge in [-0.2, -0.15) is 0 Å². The standard InChI is InChI=1S/C17H25N3O2S/c1-23-15-10-6-5-9-14(15)20-17(22)18-12-11-16(21)19-13-7-3-2-4-8-13/h5-6,9-10,13H,2-4,7-8,11-12H2,1H3,(H,19,21)(H2,18,20,22). The minimum Gasteiger partial charge on any atom is -0.353 e. The minimum absolute atomic E-state index is 0.0155. The molecule has 1 aromatic rings. The van der Waals surface area contributed by atoms with Crippen LogP contribution in [0.5, 0.6) is 0 Å². The molecule has 1 aliphatic rings. The van der Waals surface area contributed by atoms with Crippen LogP contribution in [0.2, 0.25) is 0 Å². The summed E-state index contributed by atoms with van der Waals surface area (Å²) in [5.41, 5.74) is 0.782. The minimum atomic E-state index is -0.281. The fraction of sp³-hybridized carbons (Fsp3) is 0.529. The number of benzene rings is 1. The van der Waals surface area contributed by atoms with Gasteiger partial charge >= 0.3 is 6.03 Å². The third-order valence-electron chi connectivity index (χ3n) is 3.96. The Morgan fingerprint density at radius 1 is 1.17 bits per heavy atom. The number of amides is 3. The zero-order valence-electron chi connectivity index (χ0n) is 13.6. The van der Waals surface area contributed by atoms with Gasteiger partial charge in [0, 0.05) is 23.9 Å². The summed E-state index contributed by atoms with van der Waals surface area (Å²) >= 11 is 1.58. The molecule has 0 bridgehead atoms. The van der Waals surface area contributed by atoms with E-state index in [0.29, 0.717) is 19.0 Å². The summed E-state index contributed by atoms with van der Waals surface area (Å²) in [6, 6.07) is 7.67. The Bertz CT molecular complexity index is 530. The Kier molecular flexibility index (Phi) is 7.26. The maximum Gasteiger partial charge on any atom is 0.319 e. The second-order valence-corrected chi connectivity index (χ2v) is 6.58. The summed E-state index contributed by atoms with van der Waals surface area (Å²) in [6.07, 6.45) is 8.09. The van der Waals surface area contributed by atoms with E-state index in [9.17, 15) is 9.59 Å². The van der Waals surface area contributed by atoms with Crippen molar-refractivity contribution < 1.29 is 9.59 Å². The topological polar surface area (TPSA) is 70.2 Å². The lowest BCUT2D eigenvalue weighted by molar-refractivity contribution is -0.121. The van der Waals surface area contributed by atoms with Crippen LogP contribution < -0.4 is 16.0 Å². The largest absolute Gasteiger partial charge is 0.353 e. The van der Waals surface area contributed by atoms with E-state index in [1.54, 1.807) is 11.8 Å². The van der Waals surface area contributed by atoms with E-state index in [4.69, 9.17) is 0 Å². The number of carbonyl (C=O) groups is 2. The van der Waals surface area contributed by atoms with Crippen LogP contribution in [0.4, 0.5) is 10.5 Å². The molecular weight excluding hydrogens is 310 g/mol. The smallest absolute Gasteiger partial charge is 0.319 e. The first-order valence-corrected chi connectivity index (χ1v) is 9.38. The quantitative estimate of drug-likeness (QED) is 0.698. The van der Waals surface area contributed by atoms with Gasteiger partial charge in [-0.3, -0.25) is 4.79 Å². The van der Waals surface area contributed by atoms with E-state index < -0.39 is 0 Å². The second kappa shape index (κ2) is 9.45. The second-order valence-electron chi connectivity index (χ2n) is 5.73. The van der Waals surface area contributed by atoms with Gasteiger partial charge in [0.25, 0.3) is 0 Å². The number of thioether (sulfide) groups is 1. The van der Waals surface area contributed by atoms with Crippen LogP contribution in [0.3, 0.4) is 0 Å². The average Bonchev–Trinajstić information content (AvgIpc) is 2.56. The van der Waals surface area contributed by atoms with E-state index in [1.165, 1.54) is 19.3 Å². The Morgan fingerprint density at radius 2 is 1.91 bits per heavy atom. The van der Waals surface area contributed by atoms with Crippen molar-refractivity contribution >= 4 is 29.4 Å². The number of urea groups is 1. The van der Waals surface area contributed by atoms with E-state index in [-0.39, 0.29) is 11.9 Å². The van der Waals surface area contributed by atoms with Gasteiger partial charge in [0.15, 0.2) is 0 Å². The van der Waals surface area contributed by atoms with Gasteiger partial charge in [-0.15, -0.1) is 11.8 Å². The summed E-state index contributed by atoms with van der Waals surface area (Å²) in [7, 11) is 0. The predicted octanol–water partition coefficient (Wildman–Crippen LogP) is 3.37. The molecule has 3 N–H and O–H groups in total.